The first-order chi connectivity index (χ1) is 14.7. The number of aliphatic carboxylic acids is 1. The van der Waals surface area contributed by atoms with Crippen molar-refractivity contribution in [2.24, 2.45) is 5.41 Å². The largest absolute Gasteiger partial charge is 0.481 e. The van der Waals surface area contributed by atoms with Gasteiger partial charge in [0.15, 0.2) is 0 Å². The molecule has 1 aromatic carbocycles. The molecule has 31 heavy (non-hydrogen) atoms. The van der Waals surface area contributed by atoms with Crippen molar-refractivity contribution in [3.8, 4) is 0 Å². The van der Waals surface area contributed by atoms with Crippen molar-refractivity contribution < 1.29 is 24.5 Å². The summed E-state index contributed by atoms with van der Waals surface area (Å²) in [4.78, 5) is 25.3. The lowest BCUT2D eigenvalue weighted by molar-refractivity contribution is -0.137. The van der Waals surface area contributed by atoms with E-state index < -0.39 is 17.5 Å². The van der Waals surface area contributed by atoms with Crippen LogP contribution >= 0.6 is 0 Å². The van der Waals surface area contributed by atoms with E-state index in [0.717, 1.165) is 36.8 Å². The normalized spacial score (nSPS) is 19.3. The second-order valence-corrected chi connectivity index (χ2v) is 9.12. The smallest absolute Gasteiger partial charge is 0.303 e. The zero-order valence-corrected chi connectivity index (χ0v) is 19.0. The van der Waals surface area contributed by atoms with Gasteiger partial charge in [-0.1, -0.05) is 63.1 Å². The minimum atomic E-state index is -0.759. The Morgan fingerprint density at radius 1 is 1.26 bits per heavy atom. The zero-order valence-electron chi connectivity index (χ0n) is 19.0. The van der Waals surface area contributed by atoms with E-state index in [2.05, 4.69) is 0 Å². The molecule has 6 heteroatoms. The molecule has 0 saturated carbocycles. The molecular formula is C25H37NO5. The molecule has 0 aliphatic carbocycles. The van der Waals surface area contributed by atoms with Crippen molar-refractivity contribution in [2.75, 3.05) is 13.7 Å². The number of likely N-dealkylation sites (tertiary alicyclic amines) is 1. The van der Waals surface area contributed by atoms with Gasteiger partial charge in [0.2, 0.25) is 5.91 Å². The van der Waals surface area contributed by atoms with Gasteiger partial charge in [-0.3, -0.25) is 9.59 Å². The van der Waals surface area contributed by atoms with E-state index in [1.54, 1.807) is 7.11 Å². The zero-order chi connectivity index (χ0) is 22.9. The fourth-order valence-electron chi connectivity index (χ4n) is 4.19. The maximum absolute atomic E-state index is 12.8. The molecule has 1 fully saturated rings. The summed E-state index contributed by atoms with van der Waals surface area (Å²) in [7, 11) is 1.66. The minimum absolute atomic E-state index is 0.0176. The molecule has 0 radical (unpaired) electrons. The number of rotatable bonds is 13. The highest BCUT2D eigenvalue weighted by atomic mass is 16.5. The van der Waals surface area contributed by atoms with Gasteiger partial charge in [0.05, 0.1) is 18.8 Å². The van der Waals surface area contributed by atoms with Gasteiger partial charge >= 0.3 is 5.97 Å². The van der Waals surface area contributed by atoms with Gasteiger partial charge in [-0.25, -0.2) is 0 Å². The molecule has 2 atom stereocenters. The Kier molecular flexibility index (Phi) is 9.72. The number of ether oxygens (including phenoxy) is 1. The highest BCUT2D eigenvalue weighted by Crippen LogP contribution is 2.36. The summed E-state index contributed by atoms with van der Waals surface area (Å²) >= 11 is 0. The van der Waals surface area contributed by atoms with Crippen LogP contribution in [0.2, 0.25) is 0 Å². The van der Waals surface area contributed by atoms with Crippen molar-refractivity contribution in [1.82, 2.24) is 4.90 Å². The molecule has 1 aromatic rings. The fraction of sp³-hybridized carbons (Fsp3) is 0.600. The molecule has 1 heterocycles. The summed E-state index contributed by atoms with van der Waals surface area (Å²) < 4.78 is 5.17. The van der Waals surface area contributed by atoms with Gasteiger partial charge < -0.3 is 19.8 Å². The number of aliphatic hydroxyl groups is 1. The molecule has 1 aliphatic heterocycles. The topological polar surface area (TPSA) is 87.1 Å². The molecule has 2 N–H and O–H groups in total. The Morgan fingerprint density at radius 3 is 2.68 bits per heavy atom. The third kappa shape index (κ3) is 8.11. The van der Waals surface area contributed by atoms with Gasteiger partial charge in [0.25, 0.3) is 0 Å². The molecule has 0 aromatic heterocycles. The van der Waals surface area contributed by atoms with E-state index in [4.69, 9.17) is 9.84 Å². The number of carbonyl (C=O) groups is 2. The van der Waals surface area contributed by atoms with Gasteiger partial charge in [0, 0.05) is 31.9 Å². The van der Waals surface area contributed by atoms with Gasteiger partial charge in [-0.15, -0.1) is 0 Å². The third-order valence-corrected chi connectivity index (χ3v) is 5.80. The Morgan fingerprint density at radius 2 is 1.97 bits per heavy atom. The number of carboxylic acids is 1. The average molecular weight is 432 g/mol. The molecule has 1 amide bonds. The molecule has 2 rings (SSSR count). The quantitative estimate of drug-likeness (QED) is 0.365. The second-order valence-electron chi connectivity index (χ2n) is 9.12. The first-order valence-corrected chi connectivity index (χ1v) is 11.2. The van der Waals surface area contributed by atoms with Crippen molar-refractivity contribution in [2.45, 2.75) is 77.5 Å². The highest BCUT2D eigenvalue weighted by molar-refractivity contribution is 5.85. The lowest BCUT2D eigenvalue weighted by atomic mass is 9.89. The molecule has 172 valence electrons. The number of carbonyl (C=O) groups excluding carboxylic acids is 1. The standard InChI is InChI=1S/C25H37NO5/c1-25(2)17-21(26(24(25)30)14-7-5-4-6-11-23(28)29)12-13-22(27)16-19-9-8-10-20(15-19)18-31-3/h8-10,12-13,15,21-22,27H,4-7,11,14,16-18H2,1-3H3,(H,28,29)/t21-,22?/m0/s1. The molecule has 0 bridgehead atoms. The van der Waals surface area contributed by atoms with Crippen LogP contribution in [0.25, 0.3) is 0 Å². The van der Waals surface area contributed by atoms with Gasteiger partial charge in [0.1, 0.15) is 0 Å². The maximum Gasteiger partial charge on any atom is 0.303 e. The number of benzene rings is 1. The van der Waals surface area contributed by atoms with Crippen molar-refractivity contribution in [3.05, 3.63) is 47.5 Å². The highest BCUT2D eigenvalue weighted by Gasteiger charge is 2.43. The Labute approximate surface area is 185 Å². The molecule has 1 saturated heterocycles. The summed E-state index contributed by atoms with van der Waals surface area (Å²) in [5, 5.41) is 19.2. The number of carboxylic acid groups (broad SMARTS) is 1. The van der Waals surface area contributed by atoms with E-state index in [0.29, 0.717) is 26.0 Å². The molecular weight excluding hydrogens is 394 g/mol. The monoisotopic (exact) mass is 431 g/mol. The van der Waals surface area contributed by atoms with Crippen LogP contribution in [-0.4, -0.2) is 52.8 Å². The summed E-state index contributed by atoms with van der Waals surface area (Å²) in [6.07, 6.45) is 7.92. The van der Waals surface area contributed by atoms with Crippen LogP contribution in [0.1, 0.15) is 63.5 Å². The lowest BCUT2D eigenvalue weighted by Gasteiger charge is -2.23. The first-order valence-electron chi connectivity index (χ1n) is 11.2. The minimum Gasteiger partial charge on any atom is -0.481 e. The van der Waals surface area contributed by atoms with Crippen molar-refractivity contribution >= 4 is 11.9 Å². The Balaban J connectivity index is 1.90. The van der Waals surface area contributed by atoms with Gasteiger partial charge in [-0.05, 0) is 30.4 Å². The summed E-state index contributed by atoms with van der Waals surface area (Å²) in [5.74, 6) is -0.611. The van der Waals surface area contributed by atoms with E-state index in [-0.39, 0.29) is 18.4 Å². The van der Waals surface area contributed by atoms with E-state index in [1.165, 1.54) is 0 Å². The summed E-state index contributed by atoms with van der Waals surface area (Å²) in [5.41, 5.74) is 1.72. The summed E-state index contributed by atoms with van der Waals surface area (Å²) in [6, 6.07) is 7.99. The lowest BCUT2D eigenvalue weighted by Crippen LogP contribution is -2.35. The number of aliphatic hydroxyl groups excluding tert-OH is 1. The van der Waals surface area contributed by atoms with Crippen LogP contribution in [0.3, 0.4) is 0 Å². The number of hydrogen-bond donors (Lipinski definition) is 2. The Bertz CT molecular complexity index is 758. The van der Waals surface area contributed by atoms with Crippen molar-refractivity contribution in [3.63, 3.8) is 0 Å². The van der Waals surface area contributed by atoms with Crippen LogP contribution in [0, 0.1) is 5.41 Å². The van der Waals surface area contributed by atoms with Crippen LogP contribution in [0.5, 0.6) is 0 Å². The number of nitrogens with zero attached hydrogens (tertiary/aromatic N) is 1. The van der Waals surface area contributed by atoms with Gasteiger partial charge in [-0.2, -0.15) is 0 Å². The Hall–Kier alpha value is -2.18. The number of hydrogen-bond acceptors (Lipinski definition) is 4. The average Bonchev–Trinajstić information content (AvgIpc) is 2.92. The first kappa shape index (κ1) is 25.1. The fourth-order valence-corrected chi connectivity index (χ4v) is 4.19. The molecule has 1 aliphatic rings. The number of methoxy groups -OCH3 is 1. The van der Waals surface area contributed by atoms with E-state index in [1.807, 2.05) is 55.2 Å². The van der Waals surface area contributed by atoms with Crippen LogP contribution in [0.15, 0.2) is 36.4 Å². The van der Waals surface area contributed by atoms with Crippen LogP contribution in [0.4, 0.5) is 0 Å². The molecule has 1 unspecified atom stereocenters. The van der Waals surface area contributed by atoms with Crippen molar-refractivity contribution in [1.29, 1.82) is 0 Å². The predicted molar refractivity (Wildman–Crippen MR) is 121 cm³/mol. The number of unbranched alkanes of at least 4 members (excludes halogenated alkanes) is 3. The summed E-state index contributed by atoms with van der Waals surface area (Å²) in [6.45, 7) is 5.16. The number of amides is 1. The predicted octanol–water partition coefficient (Wildman–Crippen LogP) is 3.95. The molecule has 6 nitrogen and oxygen atoms in total. The van der Waals surface area contributed by atoms with E-state index in [9.17, 15) is 14.7 Å². The molecule has 0 spiro atoms. The third-order valence-electron chi connectivity index (χ3n) is 5.80. The second kappa shape index (κ2) is 12.0. The SMILES string of the molecule is COCc1cccc(CC(O)C=C[C@H]2CC(C)(C)C(=O)N2CCCCCCC(=O)O)c1. The van der Waals surface area contributed by atoms with Crippen LogP contribution in [-0.2, 0) is 27.4 Å². The van der Waals surface area contributed by atoms with E-state index >= 15 is 0 Å². The maximum atomic E-state index is 12.8. The van der Waals surface area contributed by atoms with Crippen LogP contribution < -0.4 is 0 Å².